The Labute approximate surface area is 246 Å². The molecule has 0 unspecified atom stereocenters. The number of esters is 1. The first-order valence-electron chi connectivity index (χ1n) is 14.5. The van der Waals surface area contributed by atoms with Crippen LogP contribution in [0, 0.1) is 0 Å². The molecule has 0 bridgehead atoms. The van der Waals surface area contributed by atoms with Crippen LogP contribution >= 0.6 is 0 Å². The Morgan fingerprint density at radius 1 is 0.881 bits per heavy atom. The van der Waals surface area contributed by atoms with Gasteiger partial charge in [-0.2, -0.15) is 0 Å². The molecule has 1 saturated heterocycles. The maximum Gasteiger partial charge on any atom is 0.407 e. The summed E-state index contributed by atoms with van der Waals surface area (Å²) in [5.41, 5.74) is 0.180. The molecule has 0 radical (unpaired) electrons. The molecule has 1 fully saturated rings. The van der Waals surface area contributed by atoms with E-state index in [0.717, 1.165) is 5.56 Å². The van der Waals surface area contributed by atoms with Gasteiger partial charge in [-0.15, -0.1) is 5.06 Å². The normalized spacial score (nSPS) is 13.8. The van der Waals surface area contributed by atoms with Gasteiger partial charge in [-0.3, -0.25) is 14.4 Å². The second-order valence-electron chi connectivity index (χ2n) is 11.1. The molecule has 1 heterocycles. The van der Waals surface area contributed by atoms with Crippen LogP contribution in [0.3, 0.4) is 0 Å². The molecule has 232 valence electrons. The molecule has 1 aliphatic heterocycles. The molecular formula is C30H43N3O9. The summed E-state index contributed by atoms with van der Waals surface area (Å²) in [6.07, 6.45) is 3.70. The molecule has 2 N–H and O–H groups in total. The number of hydrogen-bond donors (Lipinski definition) is 2. The summed E-state index contributed by atoms with van der Waals surface area (Å²) in [5.74, 6) is -2.46. The fourth-order valence-electron chi connectivity index (χ4n) is 4.04. The minimum absolute atomic E-state index is 0.0478. The van der Waals surface area contributed by atoms with Gasteiger partial charge in [0.1, 0.15) is 18.2 Å². The van der Waals surface area contributed by atoms with Crippen molar-refractivity contribution in [3.63, 3.8) is 0 Å². The van der Waals surface area contributed by atoms with E-state index in [2.05, 4.69) is 10.6 Å². The Balaban J connectivity index is 1.64. The molecule has 1 aromatic carbocycles. The van der Waals surface area contributed by atoms with Crippen molar-refractivity contribution in [2.45, 2.75) is 110 Å². The van der Waals surface area contributed by atoms with Crippen LogP contribution in [0.5, 0.6) is 0 Å². The Bertz CT molecular complexity index is 1050. The van der Waals surface area contributed by atoms with Crippen LogP contribution in [0.1, 0.15) is 97.0 Å². The van der Waals surface area contributed by atoms with Gasteiger partial charge in [-0.05, 0) is 58.4 Å². The number of alkyl carbamates (subject to hydrolysis) is 1. The molecule has 0 saturated carbocycles. The zero-order valence-corrected chi connectivity index (χ0v) is 24.8. The number of hydroxylamine groups is 2. The number of carbonyl (C=O) groups is 6. The van der Waals surface area contributed by atoms with Crippen molar-refractivity contribution in [2.24, 2.45) is 0 Å². The van der Waals surface area contributed by atoms with Crippen LogP contribution in [0.2, 0.25) is 0 Å². The average Bonchev–Trinajstić information content (AvgIpc) is 3.24. The predicted octanol–water partition coefficient (Wildman–Crippen LogP) is 3.86. The first kappa shape index (κ1) is 34.2. The van der Waals surface area contributed by atoms with Crippen molar-refractivity contribution in [3.05, 3.63) is 35.9 Å². The van der Waals surface area contributed by atoms with E-state index in [1.54, 1.807) is 20.8 Å². The number of hydrogen-bond acceptors (Lipinski definition) is 9. The largest absolute Gasteiger partial charge is 0.458 e. The summed E-state index contributed by atoms with van der Waals surface area (Å²) < 4.78 is 10.7. The highest BCUT2D eigenvalue weighted by Crippen LogP contribution is 2.15. The lowest BCUT2D eigenvalue weighted by Crippen LogP contribution is -2.44. The van der Waals surface area contributed by atoms with Gasteiger partial charge >= 0.3 is 18.0 Å². The van der Waals surface area contributed by atoms with Crippen molar-refractivity contribution < 1.29 is 43.1 Å². The summed E-state index contributed by atoms with van der Waals surface area (Å²) in [4.78, 5) is 76.9. The van der Waals surface area contributed by atoms with Crippen molar-refractivity contribution in [1.82, 2.24) is 15.7 Å². The number of nitrogens with zero attached hydrogens (tertiary/aromatic N) is 1. The SMILES string of the molecule is CC(C)(C)OC(=O)[C@H](CCCCNC(=O)OCc1ccccc1)NC(=O)CCCCCCC(=O)ON1C(=O)CCC1=O. The minimum atomic E-state index is -0.812. The number of imide groups is 1. The fourth-order valence-corrected chi connectivity index (χ4v) is 4.04. The third kappa shape index (κ3) is 14.1. The van der Waals surface area contributed by atoms with E-state index >= 15 is 0 Å². The maximum atomic E-state index is 12.7. The van der Waals surface area contributed by atoms with Crippen LogP contribution in [-0.2, 0) is 44.9 Å². The van der Waals surface area contributed by atoms with Crippen LogP contribution in [-0.4, -0.2) is 59.0 Å². The summed E-state index contributed by atoms with van der Waals surface area (Å²) in [6, 6.07) is 8.53. The standard InChI is InChI=1S/C30H43N3O9/c1-30(2,3)41-28(38)23(15-11-12-20-31-29(39)40-21-22-13-7-6-8-14-22)32-24(34)16-9-4-5-10-17-27(37)42-33-25(35)18-19-26(33)36/h6-8,13-14,23H,4-5,9-12,15-21H2,1-3H3,(H,31,39)(H,32,34)/t23-/m0/s1. The van der Waals surface area contributed by atoms with E-state index in [4.69, 9.17) is 14.3 Å². The number of rotatable bonds is 17. The number of nitrogens with one attached hydrogen (secondary N) is 2. The molecule has 0 aromatic heterocycles. The average molecular weight is 590 g/mol. The van der Waals surface area contributed by atoms with E-state index in [-0.39, 0.29) is 38.2 Å². The summed E-state index contributed by atoms with van der Waals surface area (Å²) in [6.45, 7) is 5.80. The molecule has 12 nitrogen and oxygen atoms in total. The second kappa shape index (κ2) is 17.8. The first-order chi connectivity index (χ1) is 19.9. The monoisotopic (exact) mass is 589 g/mol. The molecule has 1 aromatic rings. The van der Waals surface area contributed by atoms with Gasteiger partial charge in [0.2, 0.25) is 5.91 Å². The number of ether oxygens (including phenoxy) is 2. The summed E-state index contributed by atoms with van der Waals surface area (Å²) in [7, 11) is 0. The summed E-state index contributed by atoms with van der Waals surface area (Å²) >= 11 is 0. The Morgan fingerprint density at radius 2 is 1.52 bits per heavy atom. The molecule has 1 atom stereocenters. The van der Waals surface area contributed by atoms with E-state index in [0.29, 0.717) is 56.6 Å². The molecule has 12 heteroatoms. The Hall–Kier alpha value is -3.96. The van der Waals surface area contributed by atoms with Gasteiger partial charge < -0.3 is 24.9 Å². The molecular weight excluding hydrogens is 546 g/mol. The molecule has 0 spiro atoms. The second-order valence-corrected chi connectivity index (χ2v) is 11.1. The maximum absolute atomic E-state index is 12.7. The van der Waals surface area contributed by atoms with Gasteiger partial charge in [0.15, 0.2) is 0 Å². The fraction of sp³-hybridized carbons (Fsp3) is 0.600. The van der Waals surface area contributed by atoms with Crippen molar-refractivity contribution in [2.75, 3.05) is 6.54 Å². The van der Waals surface area contributed by atoms with Gasteiger partial charge in [0.25, 0.3) is 11.8 Å². The van der Waals surface area contributed by atoms with Crippen molar-refractivity contribution in [1.29, 1.82) is 0 Å². The van der Waals surface area contributed by atoms with Crippen LogP contribution < -0.4 is 10.6 Å². The third-order valence-electron chi connectivity index (χ3n) is 6.16. The van der Waals surface area contributed by atoms with E-state index in [9.17, 15) is 28.8 Å². The van der Waals surface area contributed by atoms with Gasteiger partial charge in [-0.25, -0.2) is 14.4 Å². The lowest BCUT2D eigenvalue weighted by molar-refractivity contribution is -0.197. The Kier molecular flexibility index (Phi) is 14.5. The van der Waals surface area contributed by atoms with Gasteiger partial charge in [0.05, 0.1) is 0 Å². The minimum Gasteiger partial charge on any atom is -0.458 e. The first-order valence-corrected chi connectivity index (χ1v) is 14.5. The molecule has 2 rings (SSSR count). The molecule has 0 aliphatic carbocycles. The number of amides is 4. The van der Waals surface area contributed by atoms with Crippen LogP contribution in [0.4, 0.5) is 4.79 Å². The predicted molar refractivity (Wildman–Crippen MR) is 151 cm³/mol. The lowest BCUT2D eigenvalue weighted by Gasteiger charge is -2.24. The smallest absolute Gasteiger partial charge is 0.407 e. The number of carbonyl (C=O) groups excluding carboxylic acids is 6. The van der Waals surface area contributed by atoms with E-state index in [1.165, 1.54) is 0 Å². The highest BCUT2D eigenvalue weighted by molar-refractivity contribution is 6.01. The molecule has 42 heavy (non-hydrogen) atoms. The highest BCUT2D eigenvalue weighted by Gasteiger charge is 2.32. The summed E-state index contributed by atoms with van der Waals surface area (Å²) in [5, 5.41) is 5.98. The number of unbranched alkanes of at least 4 members (excludes halogenated alkanes) is 4. The Morgan fingerprint density at radius 3 is 2.17 bits per heavy atom. The van der Waals surface area contributed by atoms with Crippen LogP contribution in [0.25, 0.3) is 0 Å². The van der Waals surface area contributed by atoms with E-state index in [1.807, 2.05) is 30.3 Å². The molecule has 1 aliphatic rings. The van der Waals surface area contributed by atoms with Gasteiger partial charge in [0, 0.05) is 32.2 Å². The van der Waals surface area contributed by atoms with E-state index < -0.39 is 41.5 Å². The zero-order chi connectivity index (χ0) is 31.0. The highest BCUT2D eigenvalue weighted by atomic mass is 16.7. The lowest BCUT2D eigenvalue weighted by atomic mass is 10.1. The number of benzene rings is 1. The quantitative estimate of drug-likeness (QED) is 0.156. The van der Waals surface area contributed by atoms with Crippen molar-refractivity contribution in [3.8, 4) is 0 Å². The van der Waals surface area contributed by atoms with Crippen LogP contribution in [0.15, 0.2) is 30.3 Å². The third-order valence-corrected chi connectivity index (χ3v) is 6.16. The molecule has 4 amide bonds. The zero-order valence-electron chi connectivity index (χ0n) is 24.8. The van der Waals surface area contributed by atoms with Gasteiger partial charge in [-0.1, -0.05) is 43.2 Å². The topological polar surface area (TPSA) is 157 Å². The van der Waals surface area contributed by atoms with Crippen molar-refractivity contribution >= 4 is 35.8 Å².